The van der Waals surface area contributed by atoms with Crippen molar-refractivity contribution in [2.75, 3.05) is 5.32 Å². The summed E-state index contributed by atoms with van der Waals surface area (Å²) in [5, 5.41) is 5.82. The molecule has 6 rings (SSSR count). The Morgan fingerprint density at radius 3 is 2.21 bits per heavy atom. The molecular weight excluding hydrogens is 423 g/mol. The Morgan fingerprint density at radius 2 is 1.67 bits per heavy atom. The first-order valence-corrected chi connectivity index (χ1v) is 11.6. The number of hydrogen-bond acceptors (Lipinski definition) is 4. The van der Waals surface area contributed by atoms with Gasteiger partial charge in [0.2, 0.25) is 5.95 Å². The van der Waals surface area contributed by atoms with Gasteiger partial charge in [0.1, 0.15) is 0 Å². The maximum Gasteiger partial charge on any atom is 0.294 e. The number of rotatable bonds is 5. The second kappa shape index (κ2) is 7.78. The summed E-state index contributed by atoms with van der Waals surface area (Å²) in [6, 6.07) is 2.57. The summed E-state index contributed by atoms with van der Waals surface area (Å²) < 4.78 is 14.7. The zero-order valence-corrected chi connectivity index (χ0v) is 19.2. The van der Waals surface area contributed by atoms with E-state index in [2.05, 4.69) is 15.6 Å². The molecule has 2 amide bonds. The maximum atomic E-state index is 13.3. The Kier molecular flexibility index (Phi) is 5.14. The molecule has 0 atom stereocenters. The van der Waals surface area contributed by atoms with Gasteiger partial charge >= 0.3 is 0 Å². The third kappa shape index (κ3) is 3.75. The van der Waals surface area contributed by atoms with Crippen LogP contribution in [-0.2, 0) is 11.8 Å². The Balaban J connectivity index is 1.37. The molecule has 0 saturated heterocycles. The maximum absolute atomic E-state index is 13.3. The van der Waals surface area contributed by atoms with Crippen LogP contribution in [0.15, 0.2) is 18.3 Å². The SMILES string of the molecule is Cc1c(C(=O)Nc2ccc(F)nc2)c(C)n(C)c1C(=O)C(=O)NC12CC3CC(CC(C3)C1)C2. The summed E-state index contributed by atoms with van der Waals surface area (Å²) in [6.45, 7) is 3.41. The average Bonchev–Trinajstić information content (AvgIpc) is 2.96. The van der Waals surface area contributed by atoms with Crippen molar-refractivity contribution in [3.05, 3.63) is 46.8 Å². The number of amides is 2. The summed E-state index contributed by atoms with van der Waals surface area (Å²) in [4.78, 5) is 42.9. The van der Waals surface area contributed by atoms with E-state index in [1.54, 1.807) is 25.5 Å². The number of hydrogen-bond donors (Lipinski definition) is 2. The second-order valence-corrected chi connectivity index (χ2v) is 10.3. The monoisotopic (exact) mass is 452 g/mol. The molecule has 0 spiro atoms. The molecule has 8 heteroatoms. The van der Waals surface area contributed by atoms with E-state index in [0.29, 0.717) is 40.3 Å². The normalized spacial score (nSPS) is 27.5. The molecule has 4 fully saturated rings. The average molecular weight is 453 g/mol. The molecule has 0 unspecified atom stereocenters. The summed E-state index contributed by atoms with van der Waals surface area (Å²) in [5.74, 6) is -0.315. The van der Waals surface area contributed by atoms with E-state index in [1.807, 2.05) is 0 Å². The molecule has 7 nitrogen and oxygen atoms in total. The first-order valence-electron chi connectivity index (χ1n) is 11.6. The molecule has 2 heterocycles. The third-order valence-corrected chi connectivity index (χ3v) is 7.98. The van der Waals surface area contributed by atoms with Crippen molar-refractivity contribution in [1.29, 1.82) is 0 Å². The molecule has 4 bridgehead atoms. The fraction of sp³-hybridized carbons (Fsp3) is 0.520. The van der Waals surface area contributed by atoms with Gasteiger partial charge in [0, 0.05) is 18.3 Å². The highest BCUT2D eigenvalue weighted by atomic mass is 19.1. The first kappa shape index (κ1) is 21.8. The van der Waals surface area contributed by atoms with Gasteiger partial charge in [-0.05, 0) is 87.8 Å². The van der Waals surface area contributed by atoms with Crippen LogP contribution in [0.5, 0.6) is 0 Å². The number of ketones is 1. The highest BCUT2D eigenvalue weighted by Crippen LogP contribution is 2.55. The molecule has 4 aliphatic carbocycles. The highest BCUT2D eigenvalue weighted by molar-refractivity contribution is 6.43. The zero-order chi connectivity index (χ0) is 23.5. The van der Waals surface area contributed by atoms with Gasteiger partial charge in [-0.1, -0.05) is 0 Å². The Morgan fingerprint density at radius 1 is 1.06 bits per heavy atom. The van der Waals surface area contributed by atoms with E-state index < -0.39 is 23.5 Å². The molecular formula is C25H29FN4O3. The molecule has 0 aliphatic heterocycles. The van der Waals surface area contributed by atoms with Gasteiger partial charge in [0.25, 0.3) is 17.6 Å². The number of nitrogens with zero attached hydrogens (tertiary/aromatic N) is 2. The molecule has 4 saturated carbocycles. The summed E-state index contributed by atoms with van der Waals surface area (Å²) in [6.07, 6.45) is 7.86. The van der Waals surface area contributed by atoms with Gasteiger partial charge < -0.3 is 15.2 Å². The van der Waals surface area contributed by atoms with Crippen LogP contribution in [0, 0.1) is 37.5 Å². The number of anilines is 1. The number of pyridine rings is 1. The van der Waals surface area contributed by atoms with Gasteiger partial charge in [-0.2, -0.15) is 4.39 Å². The number of aromatic nitrogens is 2. The van der Waals surface area contributed by atoms with Crippen LogP contribution in [0.4, 0.5) is 10.1 Å². The lowest BCUT2D eigenvalue weighted by Crippen LogP contribution is -2.60. The molecule has 4 aliphatic rings. The summed E-state index contributed by atoms with van der Waals surface area (Å²) >= 11 is 0. The van der Waals surface area contributed by atoms with Crippen LogP contribution in [0.3, 0.4) is 0 Å². The minimum absolute atomic E-state index is 0.220. The van der Waals surface area contributed by atoms with E-state index in [0.717, 1.165) is 25.3 Å². The highest BCUT2D eigenvalue weighted by Gasteiger charge is 2.52. The predicted octanol–water partition coefficient (Wildman–Crippen LogP) is 3.70. The van der Waals surface area contributed by atoms with Crippen molar-refractivity contribution >= 4 is 23.3 Å². The molecule has 2 aromatic heterocycles. The van der Waals surface area contributed by atoms with Crippen molar-refractivity contribution in [3.63, 3.8) is 0 Å². The smallest absolute Gasteiger partial charge is 0.294 e. The first-order chi connectivity index (χ1) is 15.7. The Bertz CT molecular complexity index is 1120. The summed E-state index contributed by atoms with van der Waals surface area (Å²) in [5.41, 5.74) is 1.66. The fourth-order valence-electron chi connectivity index (χ4n) is 6.95. The van der Waals surface area contributed by atoms with Crippen molar-refractivity contribution in [2.45, 2.75) is 57.9 Å². The van der Waals surface area contributed by atoms with E-state index >= 15 is 0 Å². The minimum atomic E-state index is -0.641. The third-order valence-electron chi connectivity index (χ3n) is 7.98. The van der Waals surface area contributed by atoms with Crippen molar-refractivity contribution < 1.29 is 18.8 Å². The van der Waals surface area contributed by atoms with E-state index in [-0.39, 0.29) is 11.2 Å². The number of Topliss-reactive ketones (excluding diaryl/α,β-unsaturated/α-hetero) is 1. The van der Waals surface area contributed by atoms with Gasteiger partial charge in [0.05, 0.1) is 23.1 Å². The van der Waals surface area contributed by atoms with E-state index in [4.69, 9.17) is 0 Å². The van der Waals surface area contributed by atoms with E-state index in [9.17, 15) is 18.8 Å². The van der Waals surface area contributed by atoms with Gasteiger partial charge in [0.15, 0.2) is 0 Å². The van der Waals surface area contributed by atoms with Crippen molar-refractivity contribution in [1.82, 2.24) is 14.9 Å². The molecule has 2 N–H and O–H groups in total. The van der Waals surface area contributed by atoms with Gasteiger partial charge in [-0.15, -0.1) is 0 Å². The van der Waals surface area contributed by atoms with Gasteiger partial charge in [-0.25, -0.2) is 4.98 Å². The van der Waals surface area contributed by atoms with Crippen LogP contribution in [-0.4, -0.2) is 32.7 Å². The Hall–Kier alpha value is -3.03. The predicted molar refractivity (Wildman–Crippen MR) is 120 cm³/mol. The van der Waals surface area contributed by atoms with Crippen LogP contribution < -0.4 is 10.6 Å². The van der Waals surface area contributed by atoms with Crippen LogP contribution >= 0.6 is 0 Å². The zero-order valence-electron chi connectivity index (χ0n) is 19.2. The standard InChI is InChI=1S/C25H29FN4O3/c1-13-20(23(32)28-18-4-5-19(26)27-12-18)14(2)30(3)21(13)22(31)24(33)29-25-9-15-6-16(10-25)8-17(7-15)11-25/h4-5,12,15-17H,6-11H2,1-3H3,(H,28,32)(H,29,33). The minimum Gasteiger partial charge on any atom is -0.344 e. The van der Waals surface area contributed by atoms with Crippen molar-refractivity contribution in [2.24, 2.45) is 24.8 Å². The van der Waals surface area contributed by atoms with Crippen molar-refractivity contribution in [3.8, 4) is 0 Å². The number of nitrogens with one attached hydrogen (secondary N) is 2. The quantitative estimate of drug-likeness (QED) is 0.411. The molecule has 2 aromatic rings. The second-order valence-electron chi connectivity index (χ2n) is 10.3. The van der Waals surface area contributed by atoms with E-state index in [1.165, 1.54) is 31.5 Å². The van der Waals surface area contributed by atoms with Crippen LogP contribution in [0.1, 0.15) is 70.6 Å². The number of halogens is 1. The molecule has 0 aromatic carbocycles. The topological polar surface area (TPSA) is 93.1 Å². The van der Waals surface area contributed by atoms with Crippen LogP contribution in [0.25, 0.3) is 0 Å². The molecule has 33 heavy (non-hydrogen) atoms. The summed E-state index contributed by atoms with van der Waals surface area (Å²) in [7, 11) is 1.68. The lowest BCUT2D eigenvalue weighted by Gasteiger charge is -2.56. The lowest BCUT2D eigenvalue weighted by molar-refractivity contribution is -0.122. The lowest BCUT2D eigenvalue weighted by atomic mass is 9.53. The Labute approximate surface area is 192 Å². The number of carbonyl (C=O) groups excluding carboxylic acids is 3. The molecule has 0 radical (unpaired) electrons. The van der Waals surface area contributed by atoms with Gasteiger partial charge in [-0.3, -0.25) is 14.4 Å². The number of carbonyl (C=O) groups is 3. The van der Waals surface area contributed by atoms with Crippen LogP contribution in [0.2, 0.25) is 0 Å². The molecule has 174 valence electrons. The largest absolute Gasteiger partial charge is 0.344 e. The fourth-order valence-corrected chi connectivity index (χ4v) is 6.95.